The SMILES string of the molecule is Cc1sc2nc(SCC#N)n(C)c(=O)c2c1C. The predicted molar refractivity (Wildman–Crippen MR) is 70.7 cm³/mol. The van der Waals surface area contributed by atoms with Crippen molar-refractivity contribution in [2.45, 2.75) is 19.0 Å². The maximum Gasteiger partial charge on any atom is 0.262 e. The van der Waals surface area contributed by atoms with E-state index in [9.17, 15) is 4.79 Å². The summed E-state index contributed by atoms with van der Waals surface area (Å²) in [6.45, 7) is 3.93. The summed E-state index contributed by atoms with van der Waals surface area (Å²) < 4.78 is 1.52. The van der Waals surface area contributed by atoms with Gasteiger partial charge in [-0.3, -0.25) is 9.36 Å². The van der Waals surface area contributed by atoms with Crippen LogP contribution in [0.3, 0.4) is 0 Å². The van der Waals surface area contributed by atoms with E-state index in [1.165, 1.54) is 27.7 Å². The van der Waals surface area contributed by atoms with Crippen LogP contribution in [0.25, 0.3) is 10.2 Å². The Kier molecular flexibility index (Phi) is 3.22. The molecule has 2 rings (SSSR count). The first-order chi connectivity index (χ1) is 8.06. The smallest absolute Gasteiger partial charge is 0.262 e. The standard InChI is InChI=1S/C11H11N3OS2/c1-6-7(2)17-9-8(6)10(15)14(3)11(13-9)16-5-4-12/h5H2,1-3H3. The molecule has 0 aliphatic rings. The Morgan fingerprint density at radius 3 is 2.88 bits per heavy atom. The van der Waals surface area contributed by atoms with Crippen molar-refractivity contribution in [1.82, 2.24) is 9.55 Å². The van der Waals surface area contributed by atoms with Crippen LogP contribution in [0.15, 0.2) is 9.95 Å². The number of hydrogen-bond donors (Lipinski definition) is 0. The lowest BCUT2D eigenvalue weighted by Gasteiger charge is -2.04. The molecule has 0 saturated carbocycles. The van der Waals surface area contributed by atoms with E-state index in [0.717, 1.165) is 15.3 Å². The van der Waals surface area contributed by atoms with Crippen LogP contribution in [0.4, 0.5) is 0 Å². The number of fused-ring (bicyclic) bond motifs is 1. The van der Waals surface area contributed by atoms with Crippen molar-refractivity contribution in [1.29, 1.82) is 5.26 Å². The molecule has 2 heterocycles. The third-order valence-electron chi connectivity index (χ3n) is 2.64. The third-order valence-corrected chi connectivity index (χ3v) is 4.63. The Morgan fingerprint density at radius 1 is 1.53 bits per heavy atom. The van der Waals surface area contributed by atoms with Crippen molar-refractivity contribution in [2.75, 3.05) is 5.75 Å². The lowest BCUT2D eigenvalue weighted by Crippen LogP contribution is -2.19. The minimum atomic E-state index is -0.0303. The van der Waals surface area contributed by atoms with Crippen LogP contribution in [0.1, 0.15) is 10.4 Å². The van der Waals surface area contributed by atoms with Gasteiger partial charge in [-0.05, 0) is 19.4 Å². The van der Waals surface area contributed by atoms with Crippen molar-refractivity contribution >= 4 is 33.3 Å². The van der Waals surface area contributed by atoms with Crippen LogP contribution < -0.4 is 5.56 Å². The Bertz CT molecular complexity index is 679. The van der Waals surface area contributed by atoms with Crippen molar-refractivity contribution in [3.05, 3.63) is 20.8 Å². The second-order valence-corrected chi connectivity index (χ2v) is 5.81. The number of nitriles is 1. The highest BCUT2D eigenvalue weighted by molar-refractivity contribution is 7.99. The monoisotopic (exact) mass is 265 g/mol. The number of aromatic nitrogens is 2. The topological polar surface area (TPSA) is 58.7 Å². The molecule has 6 heteroatoms. The fraction of sp³-hybridized carbons (Fsp3) is 0.364. The Labute approximate surface area is 107 Å². The molecule has 0 fully saturated rings. The molecule has 4 nitrogen and oxygen atoms in total. The van der Waals surface area contributed by atoms with Gasteiger partial charge in [0.15, 0.2) is 5.16 Å². The van der Waals surface area contributed by atoms with E-state index in [-0.39, 0.29) is 5.56 Å². The van der Waals surface area contributed by atoms with E-state index >= 15 is 0 Å². The molecule has 17 heavy (non-hydrogen) atoms. The molecule has 0 aliphatic carbocycles. The second kappa shape index (κ2) is 4.51. The Balaban J connectivity index is 2.72. The average molecular weight is 265 g/mol. The van der Waals surface area contributed by atoms with Gasteiger partial charge in [0.2, 0.25) is 0 Å². The van der Waals surface area contributed by atoms with E-state index in [1.807, 2.05) is 19.9 Å². The van der Waals surface area contributed by atoms with Gasteiger partial charge in [0, 0.05) is 11.9 Å². The number of aryl methyl sites for hydroxylation is 2. The number of thioether (sulfide) groups is 1. The zero-order chi connectivity index (χ0) is 12.6. The molecule has 88 valence electrons. The van der Waals surface area contributed by atoms with Gasteiger partial charge in [-0.1, -0.05) is 11.8 Å². The summed E-state index contributed by atoms with van der Waals surface area (Å²) in [6, 6.07) is 2.04. The number of nitrogens with zero attached hydrogens (tertiary/aromatic N) is 3. The summed E-state index contributed by atoms with van der Waals surface area (Å²) in [6.07, 6.45) is 0. The van der Waals surface area contributed by atoms with Gasteiger partial charge in [0.25, 0.3) is 5.56 Å². The molecular weight excluding hydrogens is 254 g/mol. The lowest BCUT2D eigenvalue weighted by atomic mass is 10.2. The van der Waals surface area contributed by atoms with Crippen LogP contribution in [0, 0.1) is 25.2 Å². The van der Waals surface area contributed by atoms with Gasteiger partial charge in [0.1, 0.15) is 4.83 Å². The first kappa shape index (κ1) is 12.1. The molecule has 2 aromatic heterocycles. The fourth-order valence-corrected chi connectivity index (χ4v) is 3.29. The molecular formula is C11H11N3OS2. The van der Waals surface area contributed by atoms with E-state index in [2.05, 4.69) is 4.98 Å². The first-order valence-electron chi connectivity index (χ1n) is 5.02. The van der Waals surface area contributed by atoms with Gasteiger partial charge in [-0.2, -0.15) is 5.26 Å². The Morgan fingerprint density at radius 2 is 2.24 bits per heavy atom. The van der Waals surface area contributed by atoms with Crippen molar-refractivity contribution < 1.29 is 0 Å². The van der Waals surface area contributed by atoms with Crippen LogP contribution in [0.5, 0.6) is 0 Å². The Hall–Kier alpha value is -1.32. The largest absolute Gasteiger partial charge is 0.290 e. The molecule has 0 aliphatic heterocycles. The third kappa shape index (κ3) is 1.96. The molecule has 0 bridgehead atoms. The van der Waals surface area contributed by atoms with Gasteiger partial charge in [0.05, 0.1) is 17.2 Å². The number of thiophene rings is 1. The summed E-state index contributed by atoms with van der Waals surface area (Å²) in [5, 5.41) is 9.87. The number of hydrogen-bond acceptors (Lipinski definition) is 5. The molecule has 0 aromatic carbocycles. The summed E-state index contributed by atoms with van der Waals surface area (Å²) in [5.41, 5.74) is 0.979. The molecule has 0 amide bonds. The van der Waals surface area contributed by atoms with Crippen molar-refractivity contribution in [2.24, 2.45) is 7.05 Å². The minimum Gasteiger partial charge on any atom is -0.290 e. The number of rotatable bonds is 2. The first-order valence-corrected chi connectivity index (χ1v) is 6.83. The summed E-state index contributed by atoms with van der Waals surface area (Å²) in [4.78, 5) is 18.5. The van der Waals surface area contributed by atoms with Crippen LogP contribution in [-0.4, -0.2) is 15.3 Å². The average Bonchev–Trinajstić information content (AvgIpc) is 2.58. The van der Waals surface area contributed by atoms with Crippen LogP contribution in [0.2, 0.25) is 0 Å². The van der Waals surface area contributed by atoms with E-state index in [4.69, 9.17) is 5.26 Å². The van der Waals surface area contributed by atoms with Crippen LogP contribution >= 0.6 is 23.1 Å². The van der Waals surface area contributed by atoms with Gasteiger partial charge in [-0.15, -0.1) is 11.3 Å². The minimum absolute atomic E-state index is 0.0303. The van der Waals surface area contributed by atoms with Crippen molar-refractivity contribution in [3.8, 4) is 6.07 Å². The van der Waals surface area contributed by atoms with E-state index in [0.29, 0.717) is 16.3 Å². The zero-order valence-corrected chi connectivity index (χ0v) is 11.4. The normalized spacial score (nSPS) is 10.7. The molecule has 2 aromatic rings. The maximum absolute atomic E-state index is 12.2. The highest BCUT2D eigenvalue weighted by Crippen LogP contribution is 2.27. The van der Waals surface area contributed by atoms with Gasteiger partial charge in [-0.25, -0.2) is 4.98 Å². The lowest BCUT2D eigenvalue weighted by molar-refractivity contribution is 0.728. The summed E-state index contributed by atoms with van der Waals surface area (Å²) in [5.74, 6) is 0.301. The second-order valence-electron chi connectivity index (χ2n) is 3.67. The summed E-state index contributed by atoms with van der Waals surface area (Å²) in [7, 11) is 1.70. The maximum atomic E-state index is 12.2. The molecule has 0 saturated heterocycles. The quantitative estimate of drug-likeness (QED) is 0.617. The highest BCUT2D eigenvalue weighted by atomic mass is 32.2. The summed E-state index contributed by atoms with van der Waals surface area (Å²) >= 11 is 2.82. The van der Waals surface area contributed by atoms with Gasteiger partial charge < -0.3 is 0 Å². The molecule has 0 spiro atoms. The molecule has 0 radical (unpaired) electrons. The predicted octanol–water partition coefficient (Wildman–Crippen LogP) is 2.23. The van der Waals surface area contributed by atoms with Crippen LogP contribution in [-0.2, 0) is 7.05 Å². The van der Waals surface area contributed by atoms with E-state index in [1.54, 1.807) is 7.05 Å². The molecule has 0 unspecified atom stereocenters. The zero-order valence-electron chi connectivity index (χ0n) is 9.77. The highest BCUT2D eigenvalue weighted by Gasteiger charge is 2.14. The molecule has 0 N–H and O–H groups in total. The fourth-order valence-electron chi connectivity index (χ4n) is 1.58. The van der Waals surface area contributed by atoms with E-state index < -0.39 is 0 Å². The molecule has 0 atom stereocenters. The van der Waals surface area contributed by atoms with Crippen molar-refractivity contribution in [3.63, 3.8) is 0 Å². The van der Waals surface area contributed by atoms with Gasteiger partial charge >= 0.3 is 0 Å².